The van der Waals surface area contributed by atoms with Gasteiger partial charge in [-0.2, -0.15) is 9.40 Å². The first-order valence-corrected chi connectivity index (χ1v) is 12.5. The van der Waals surface area contributed by atoms with Crippen LogP contribution in [0.3, 0.4) is 0 Å². The fraction of sp³-hybridized carbons (Fsp3) is 0.375. The molecule has 9 heteroatoms. The number of aromatic nitrogens is 2. The molecule has 0 bridgehead atoms. The number of sulfonamides is 1. The van der Waals surface area contributed by atoms with Crippen LogP contribution in [0.2, 0.25) is 0 Å². The third-order valence-corrected chi connectivity index (χ3v) is 7.58. The molecular formula is C24H30N4O4S. The molecule has 8 nitrogen and oxygen atoms in total. The van der Waals surface area contributed by atoms with Gasteiger partial charge in [-0.1, -0.05) is 52.0 Å². The Bertz CT molecular complexity index is 1340. The molecule has 176 valence electrons. The van der Waals surface area contributed by atoms with E-state index in [2.05, 4.69) is 10.4 Å². The van der Waals surface area contributed by atoms with E-state index in [9.17, 15) is 18.0 Å². The van der Waals surface area contributed by atoms with Crippen LogP contribution in [0.1, 0.15) is 43.7 Å². The smallest absolute Gasteiger partial charge is 0.276 e. The number of hydrogen-bond donors (Lipinski definition) is 1. The lowest BCUT2D eigenvalue weighted by Crippen LogP contribution is -2.31. The SMILES string of the molecule is CCN(CC)S(=O)(=O)c1cc(NC(=O)c2nn(CC(C)C)c(=O)c3ccccc23)ccc1C. The number of benzene rings is 2. The normalized spacial score (nSPS) is 12.0. The predicted octanol–water partition coefficient (Wildman–Crippen LogP) is 3.64. The van der Waals surface area contributed by atoms with Gasteiger partial charge < -0.3 is 5.32 Å². The first-order chi connectivity index (χ1) is 15.6. The Balaban J connectivity index is 2.05. The molecule has 1 N–H and O–H groups in total. The number of anilines is 1. The topological polar surface area (TPSA) is 101 Å². The van der Waals surface area contributed by atoms with Gasteiger partial charge in [-0.3, -0.25) is 9.59 Å². The van der Waals surface area contributed by atoms with E-state index in [0.29, 0.717) is 41.7 Å². The van der Waals surface area contributed by atoms with Crippen molar-refractivity contribution in [3.05, 3.63) is 64.1 Å². The molecule has 0 atom stereocenters. The third-order valence-electron chi connectivity index (χ3n) is 5.39. The van der Waals surface area contributed by atoms with Crippen LogP contribution in [0.15, 0.2) is 52.2 Å². The van der Waals surface area contributed by atoms with Crippen LogP contribution >= 0.6 is 0 Å². The van der Waals surface area contributed by atoms with Gasteiger partial charge in [-0.25, -0.2) is 13.1 Å². The number of hydrogen-bond acceptors (Lipinski definition) is 5. The lowest BCUT2D eigenvalue weighted by atomic mass is 10.1. The number of carbonyl (C=O) groups is 1. The largest absolute Gasteiger partial charge is 0.321 e. The molecular weight excluding hydrogens is 440 g/mol. The molecule has 0 saturated carbocycles. The maximum absolute atomic E-state index is 13.2. The number of amides is 1. The van der Waals surface area contributed by atoms with Gasteiger partial charge in [0.15, 0.2) is 5.69 Å². The standard InChI is InChI=1S/C24H30N4O4S/c1-6-27(7-2)33(31,32)21-14-18(13-12-17(21)5)25-23(29)22-19-10-8-9-11-20(19)24(30)28(26-22)15-16(3)4/h8-14,16H,6-7,15H2,1-5H3,(H,25,29). The highest BCUT2D eigenvalue weighted by molar-refractivity contribution is 7.89. The van der Waals surface area contributed by atoms with Crippen molar-refractivity contribution in [2.24, 2.45) is 5.92 Å². The molecule has 2 aromatic carbocycles. The summed E-state index contributed by atoms with van der Waals surface area (Å²) in [7, 11) is -3.69. The lowest BCUT2D eigenvalue weighted by molar-refractivity contribution is 0.102. The molecule has 0 aliphatic heterocycles. The molecule has 33 heavy (non-hydrogen) atoms. The summed E-state index contributed by atoms with van der Waals surface area (Å²) in [6, 6.07) is 11.6. The second-order valence-corrected chi connectivity index (χ2v) is 10.2. The molecule has 0 aliphatic rings. The highest BCUT2D eigenvalue weighted by Gasteiger charge is 2.24. The van der Waals surface area contributed by atoms with Gasteiger partial charge in [-0.15, -0.1) is 0 Å². The molecule has 0 spiro atoms. The molecule has 0 fully saturated rings. The van der Waals surface area contributed by atoms with Crippen LogP contribution in [0.5, 0.6) is 0 Å². The zero-order chi connectivity index (χ0) is 24.3. The fourth-order valence-corrected chi connectivity index (χ4v) is 5.43. The van der Waals surface area contributed by atoms with Gasteiger partial charge in [0.1, 0.15) is 0 Å². The summed E-state index contributed by atoms with van der Waals surface area (Å²) in [5, 5.41) is 7.97. The Kier molecular flexibility index (Phi) is 7.34. The van der Waals surface area contributed by atoms with Crippen molar-refractivity contribution in [2.45, 2.75) is 46.1 Å². The highest BCUT2D eigenvalue weighted by atomic mass is 32.2. The van der Waals surface area contributed by atoms with Gasteiger partial charge in [0, 0.05) is 30.7 Å². The summed E-state index contributed by atoms with van der Waals surface area (Å²) in [5.41, 5.74) is 0.788. The molecule has 0 unspecified atom stereocenters. The Morgan fingerprint density at radius 1 is 1.09 bits per heavy atom. The van der Waals surface area contributed by atoms with Gasteiger partial charge in [0.05, 0.1) is 10.3 Å². The fourth-order valence-electron chi connectivity index (χ4n) is 3.72. The number of rotatable bonds is 8. The summed E-state index contributed by atoms with van der Waals surface area (Å²) >= 11 is 0. The van der Waals surface area contributed by atoms with E-state index in [-0.39, 0.29) is 22.1 Å². The van der Waals surface area contributed by atoms with E-state index in [1.165, 1.54) is 15.1 Å². The summed E-state index contributed by atoms with van der Waals surface area (Å²) in [4.78, 5) is 26.2. The second-order valence-electron chi connectivity index (χ2n) is 8.30. The molecule has 3 rings (SSSR count). The Morgan fingerprint density at radius 2 is 1.73 bits per heavy atom. The molecule has 1 amide bonds. The van der Waals surface area contributed by atoms with Crippen LogP contribution in [0.25, 0.3) is 10.8 Å². The third kappa shape index (κ3) is 4.99. The molecule has 3 aromatic rings. The zero-order valence-electron chi connectivity index (χ0n) is 19.6. The summed E-state index contributed by atoms with van der Waals surface area (Å²) in [5.74, 6) is -0.351. The highest BCUT2D eigenvalue weighted by Crippen LogP contribution is 2.24. The van der Waals surface area contributed by atoms with Gasteiger partial charge in [0.25, 0.3) is 11.5 Å². The van der Waals surface area contributed by atoms with E-state index >= 15 is 0 Å². The van der Waals surface area contributed by atoms with Crippen molar-refractivity contribution < 1.29 is 13.2 Å². The van der Waals surface area contributed by atoms with Gasteiger partial charge in [-0.05, 0) is 36.6 Å². The molecule has 1 aromatic heterocycles. The molecule has 0 radical (unpaired) electrons. The maximum atomic E-state index is 13.2. The minimum atomic E-state index is -3.69. The lowest BCUT2D eigenvalue weighted by Gasteiger charge is -2.20. The predicted molar refractivity (Wildman–Crippen MR) is 130 cm³/mol. The van der Waals surface area contributed by atoms with Crippen molar-refractivity contribution >= 4 is 32.4 Å². The van der Waals surface area contributed by atoms with Crippen molar-refractivity contribution in [2.75, 3.05) is 18.4 Å². The van der Waals surface area contributed by atoms with E-state index in [1.807, 2.05) is 13.8 Å². The summed E-state index contributed by atoms with van der Waals surface area (Å²) in [6.07, 6.45) is 0. The van der Waals surface area contributed by atoms with Gasteiger partial charge >= 0.3 is 0 Å². The summed E-state index contributed by atoms with van der Waals surface area (Å²) in [6.45, 7) is 10.3. The Morgan fingerprint density at radius 3 is 2.33 bits per heavy atom. The van der Waals surface area contributed by atoms with Crippen molar-refractivity contribution in [1.29, 1.82) is 0 Å². The monoisotopic (exact) mass is 470 g/mol. The first kappa shape index (κ1) is 24.6. The number of fused-ring (bicyclic) bond motifs is 1. The Labute approximate surface area is 194 Å². The van der Waals surface area contributed by atoms with Crippen LogP contribution < -0.4 is 10.9 Å². The quantitative estimate of drug-likeness (QED) is 0.542. The minimum absolute atomic E-state index is 0.111. The first-order valence-electron chi connectivity index (χ1n) is 11.0. The van der Waals surface area contributed by atoms with Crippen molar-refractivity contribution in [1.82, 2.24) is 14.1 Å². The van der Waals surface area contributed by atoms with E-state index in [0.717, 1.165) is 0 Å². The van der Waals surface area contributed by atoms with Gasteiger partial charge in [0.2, 0.25) is 10.0 Å². The van der Waals surface area contributed by atoms with Crippen LogP contribution in [0, 0.1) is 12.8 Å². The van der Waals surface area contributed by atoms with Crippen LogP contribution in [-0.4, -0.2) is 41.5 Å². The van der Waals surface area contributed by atoms with Crippen molar-refractivity contribution in [3.63, 3.8) is 0 Å². The van der Waals surface area contributed by atoms with E-state index in [1.54, 1.807) is 57.2 Å². The van der Waals surface area contributed by atoms with E-state index in [4.69, 9.17) is 0 Å². The van der Waals surface area contributed by atoms with E-state index < -0.39 is 15.9 Å². The summed E-state index contributed by atoms with van der Waals surface area (Å²) < 4.78 is 28.8. The average Bonchev–Trinajstić information content (AvgIpc) is 2.77. The number of carbonyl (C=O) groups excluding carboxylic acids is 1. The zero-order valence-corrected chi connectivity index (χ0v) is 20.4. The average molecular weight is 471 g/mol. The van der Waals surface area contributed by atoms with Crippen LogP contribution in [-0.2, 0) is 16.6 Å². The Hall–Kier alpha value is -3.04. The minimum Gasteiger partial charge on any atom is -0.321 e. The molecule has 1 heterocycles. The van der Waals surface area contributed by atoms with Crippen molar-refractivity contribution in [3.8, 4) is 0 Å². The number of aryl methyl sites for hydroxylation is 1. The van der Waals surface area contributed by atoms with Crippen LogP contribution in [0.4, 0.5) is 5.69 Å². The molecule has 0 aliphatic carbocycles. The molecule has 0 saturated heterocycles. The maximum Gasteiger partial charge on any atom is 0.276 e. The number of nitrogens with zero attached hydrogens (tertiary/aromatic N) is 3. The number of nitrogens with one attached hydrogen (secondary N) is 1. The second kappa shape index (κ2) is 9.84.